The first-order valence-electron chi connectivity index (χ1n) is 5.66. The van der Waals surface area contributed by atoms with E-state index in [1.54, 1.807) is 18.2 Å². The van der Waals surface area contributed by atoms with Gasteiger partial charge in [-0.15, -0.1) is 0 Å². The fourth-order valence-electron chi connectivity index (χ4n) is 1.74. The van der Waals surface area contributed by atoms with Crippen molar-refractivity contribution in [1.29, 1.82) is 0 Å². The van der Waals surface area contributed by atoms with Gasteiger partial charge < -0.3 is 5.32 Å². The summed E-state index contributed by atoms with van der Waals surface area (Å²) in [7, 11) is 0. The zero-order valence-corrected chi connectivity index (χ0v) is 11.8. The summed E-state index contributed by atoms with van der Waals surface area (Å²) < 4.78 is 0. The molecule has 0 aliphatic carbocycles. The standard InChI is InChI=1S/C13H17Cl2NO/c1-8(2)6-9(3)16-13(17)11-5-4-10(14)7-12(11)15/h4-5,7-9H,6H2,1-3H3,(H,16,17). The highest BCUT2D eigenvalue weighted by Gasteiger charge is 2.13. The molecule has 0 spiro atoms. The van der Waals surface area contributed by atoms with Crippen molar-refractivity contribution in [3.63, 3.8) is 0 Å². The van der Waals surface area contributed by atoms with Crippen LogP contribution in [0.4, 0.5) is 0 Å². The zero-order valence-electron chi connectivity index (χ0n) is 10.3. The Bertz CT molecular complexity index is 404. The first kappa shape index (κ1) is 14.3. The molecule has 0 saturated heterocycles. The number of nitrogens with one attached hydrogen (secondary N) is 1. The van der Waals surface area contributed by atoms with Crippen LogP contribution in [0.15, 0.2) is 18.2 Å². The van der Waals surface area contributed by atoms with Gasteiger partial charge in [0.1, 0.15) is 0 Å². The van der Waals surface area contributed by atoms with E-state index in [2.05, 4.69) is 19.2 Å². The quantitative estimate of drug-likeness (QED) is 0.877. The molecule has 1 rings (SSSR count). The predicted octanol–water partition coefficient (Wildman–Crippen LogP) is 4.16. The van der Waals surface area contributed by atoms with Crippen molar-refractivity contribution in [3.8, 4) is 0 Å². The van der Waals surface area contributed by atoms with E-state index in [0.29, 0.717) is 21.5 Å². The average Bonchev–Trinajstić information content (AvgIpc) is 2.15. The van der Waals surface area contributed by atoms with E-state index in [1.807, 2.05) is 6.92 Å². The molecule has 0 heterocycles. The highest BCUT2D eigenvalue weighted by Crippen LogP contribution is 2.21. The van der Waals surface area contributed by atoms with Gasteiger partial charge >= 0.3 is 0 Å². The van der Waals surface area contributed by atoms with E-state index in [1.165, 1.54) is 0 Å². The van der Waals surface area contributed by atoms with Crippen LogP contribution in [0, 0.1) is 5.92 Å². The van der Waals surface area contributed by atoms with Gasteiger partial charge in [0.25, 0.3) is 5.91 Å². The Balaban J connectivity index is 2.70. The van der Waals surface area contributed by atoms with E-state index in [4.69, 9.17) is 23.2 Å². The molecule has 0 radical (unpaired) electrons. The summed E-state index contributed by atoms with van der Waals surface area (Å²) in [6.45, 7) is 6.23. The molecule has 2 nitrogen and oxygen atoms in total. The van der Waals surface area contributed by atoms with Crippen LogP contribution in [0.1, 0.15) is 37.6 Å². The molecule has 1 unspecified atom stereocenters. The minimum absolute atomic E-state index is 0.134. The van der Waals surface area contributed by atoms with Gasteiger partial charge in [-0.3, -0.25) is 4.79 Å². The molecule has 0 aliphatic heterocycles. The number of hydrogen-bond donors (Lipinski definition) is 1. The molecule has 1 N–H and O–H groups in total. The van der Waals surface area contributed by atoms with Crippen LogP contribution in [0.25, 0.3) is 0 Å². The summed E-state index contributed by atoms with van der Waals surface area (Å²) in [6.07, 6.45) is 0.941. The third-order valence-electron chi connectivity index (χ3n) is 2.38. The van der Waals surface area contributed by atoms with E-state index in [9.17, 15) is 4.79 Å². The summed E-state index contributed by atoms with van der Waals surface area (Å²) in [6, 6.07) is 5.01. The van der Waals surface area contributed by atoms with Crippen molar-refractivity contribution >= 4 is 29.1 Å². The maximum Gasteiger partial charge on any atom is 0.253 e. The maximum absolute atomic E-state index is 11.9. The van der Waals surface area contributed by atoms with Crippen LogP contribution in [0.3, 0.4) is 0 Å². The molecule has 0 aliphatic rings. The van der Waals surface area contributed by atoms with Crippen LogP contribution in [-0.2, 0) is 0 Å². The highest BCUT2D eigenvalue weighted by molar-refractivity contribution is 6.36. The predicted molar refractivity (Wildman–Crippen MR) is 72.8 cm³/mol. The van der Waals surface area contributed by atoms with Crippen molar-refractivity contribution in [2.24, 2.45) is 5.92 Å². The van der Waals surface area contributed by atoms with Gasteiger partial charge in [0, 0.05) is 11.1 Å². The van der Waals surface area contributed by atoms with E-state index in [0.717, 1.165) is 6.42 Å². The third-order valence-corrected chi connectivity index (χ3v) is 2.93. The van der Waals surface area contributed by atoms with E-state index < -0.39 is 0 Å². The monoisotopic (exact) mass is 273 g/mol. The molecule has 94 valence electrons. The first-order valence-corrected chi connectivity index (χ1v) is 6.41. The van der Waals surface area contributed by atoms with Gasteiger partial charge in [-0.1, -0.05) is 37.0 Å². The van der Waals surface area contributed by atoms with Gasteiger partial charge in [0.15, 0.2) is 0 Å². The lowest BCUT2D eigenvalue weighted by Gasteiger charge is -2.16. The van der Waals surface area contributed by atoms with Gasteiger partial charge in [-0.2, -0.15) is 0 Å². The molecule has 1 aromatic rings. The van der Waals surface area contributed by atoms with Crippen molar-refractivity contribution in [2.45, 2.75) is 33.2 Å². The fourth-order valence-corrected chi connectivity index (χ4v) is 2.24. The van der Waals surface area contributed by atoms with Crippen LogP contribution in [0.2, 0.25) is 10.0 Å². The summed E-state index contributed by atoms with van der Waals surface area (Å²) in [5.41, 5.74) is 0.465. The zero-order chi connectivity index (χ0) is 13.0. The SMILES string of the molecule is CC(C)CC(C)NC(=O)c1ccc(Cl)cc1Cl. The third kappa shape index (κ3) is 4.57. The van der Waals surface area contributed by atoms with Crippen molar-refractivity contribution in [3.05, 3.63) is 33.8 Å². The van der Waals surface area contributed by atoms with Crippen molar-refractivity contribution in [2.75, 3.05) is 0 Å². The molecule has 0 saturated carbocycles. The van der Waals surface area contributed by atoms with Gasteiger partial charge in [0.05, 0.1) is 10.6 Å². The average molecular weight is 274 g/mol. The molecule has 4 heteroatoms. The number of hydrogen-bond acceptors (Lipinski definition) is 1. The molecule has 1 amide bonds. The highest BCUT2D eigenvalue weighted by atomic mass is 35.5. The number of carbonyl (C=O) groups is 1. The van der Waals surface area contributed by atoms with E-state index >= 15 is 0 Å². The molecule has 1 aromatic carbocycles. The summed E-state index contributed by atoms with van der Waals surface area (Å²) >= 11 is 11.7. The molecule has 1 atom stereocenters. The summed E-state index contributed by atoms with van der Waals surface area (Å²) in [5, 5.41) is 3.83. The minimum atomic E-state index is -0.153. The molecule has 0 fully saturated rings. The Hall–Kier alpha value is -0.730. The lowest BCUT2D eigenvalue weighted by atomic mass is 10.0. The topological polar surface area (TPSA) is 29.1 Å². The first-order chi connectivity index (χ1) is 7.90. The molecular formula is C13H17Cl2NO. The number of rotatable bonds is 4. The number of halogens is 2. The largest absolute Gasteiger partial charge is 0.350 e. The normalized spacial score (nSPS) is 12.6. The Kier molecular flexibility index (Phi) is 5.29. The molecule has 17 heavy (non-hydrogen) atoms. The van der Waals surface area contributed by atoms with Crippen molar-refractivity contribution < 1.29 is 4.79 Å². The summed E-state index contributed by atoms with van der Waals surface area (Å²) in [4.78, 5) is 11.9. The molecule has 0 bridgehead atoms. The van der Waals surface area contributed by atoms with Crippen LogP contribution in [-0.4, -0.2) is 11.9 Å². The minimum Gasteiger partial charge on any atom is -0.350 e. The Labute approximate surface area is 112 Å². The fraction of sp³-hybridized carbons (Fsp3) is 0.462. The van der Waals surface area contributed by atoms with Gasteiger partial charge in [-0.25, -0.2) is 0 Å². The number of benzene rings is 1. The maximum atomic E-state index is 11.9. The number of amides is 1. The van der Waals surface area contributed by atoms with E-state index in [-0.39, 0.29) is 11.9 Å². The lowest BCUT2D eigenvalue weighted by molar-refractivity contribution is 0.0936. The number of carbonyl (C=O) groups excluding carboxylic acids is 1. The van der Waals surface area contributed by atoms with Crippen molar-refractivity contribution in [1.82, 2.24) is 5.32 Å². The Morgan fingerprint density at radius 2 is 1.94 bits per heavy atom. The Morgan fingerprint density at radius 3 is 2.47 bits per heavy atom. The second kappa shape index (κ2) is 6.27. The Morgan fingerprint density at radius 1 is 1.29 bits per heavy atom. The summed E-state index contributed by atoms with van der Waals surface area (Å²) in [5.74, 6) is 0.394. The molecule has 0 aromatic heterocycles. The van der Waals surface area contributed by atoms with Crippen LogP contribution < -0.4 is 5.32 Å². The van der Waals surface area contributed by atoms with Gasteiger partial charge in [0.2, 0.25) is 0 Å². The van der Waals surface area contributed by atoms with Crippen LogP contribution in [0.5, 0.6) is 0 Å². The van der Waals surface area contributed by atoms with Crippen LogP contribution >= 0.6 is 23.2 Å². The molecular weight excluding hydrogens is 257 g/mol. The second-order valence-electron chi connectivity index (χ2n) is 4.63. The lowest BCUT2D eigenvalue weighted by Crippen LogP contribution is -2.33. The second-order valence-corrected chi connectivity index (χ2v) is 5.47. The van der Waals surface area contributed by atoms with Gasteiger partial charge in [-0.05, 0) is 37.5 Å². The smallest absolute Gasteiger partial charge is 0.253 e.